The molecule has 0 unspecified atom stereocenters. The summed E-state index contributed by atoms with van der Waals surface area (Å²) in [5.74, 6) is 0.632. The summed E-state index contributed by atoms with van der Waals surface area (Å²) in [6, 6.07) is 3.49. The van der Waals surface area contributed by atoms with Crippen LogP contribution in [0.3, 0.4) is 0 Å². The molecule has 0 atom stereocenters. The van der Waals surface area contributed by atoms with Gasteiger partial charge < -0.3 is 4.90 Å². The van der Waals surface area contributed by atoms with Gasteiger partial charge in [0.1, 0.15) is 5.15 Å². The summed E-state index contributed by atoms with van der Waals surface area (Å²) in [7, 11) is 2.05. The van der Waals surface area contributed by atoms with E-state index in [0.29, 0.717) is 16.1 Å². The Hall–Kier alpha value is -0.310. The Kier molecular flexibility index (Phi) is 4.84. The number of nitrogens with zero attached hydrogens (tertiary/aromatic N) is 2. The molecule has 0 aliphatic carbocycles. The largest absolute Gasteiger partial charge is 0.300 e. The molecule has 1 aromatic heterocycles. The highest BCUT2D eigenvalue weighted by Gasteiger charge is 2.07. The van der Waals surface area contributed by atoms with Crippen LogP contribution in [0.25, 0.3) is 0 Å². The van der Waals surface area contributed by atoms with Crippen LogP contribution in [0.4, 0.5) is 0 Å². The number of aromatic nitrogens is 1. The van der Waals surface area contributed by atoms with Gasteiger partial charge in [-0.3, -0.25) is 0 Å². The average molecular weight is 247 g/mol. The maximum absolute atomic E-state index is 6.03. The molecule has 0 saturated heterocycles. The first-order valence-electron chi connectivity index (χ1n) is 4.98. The predicted octanol–water partition coefficient (Wildman–Crippen LogP) is 3.48. The number of pyridine rings is 1. The lowest BCUT2D eigenvalue weighted by Crippen LogP contribution is -2.23. The van der Waals surface area contributed by atoms with Crippen LogP contribution in [0.1, 0.15) is 19.5 Å². The zero-order valence-electron chi connectivity index (χ0n) is 9.30. The van der Waals surface area contributed by atoms with Crippen LogP contribution in [0, 0.1) is 5.92 Å². The van der Waals surface area contributed by atoms with E-state index in [0.717, 1.165) is 18.8 Å². The second-order valence-electron chi connectivity index (χ2n) is 4.15. The highest BCUT2D eigenvalue weighted by Crippen LogP contribution is 2.18. The molecule has 0 aliphatic heterocycles. The summed E-state index contributed by atoms with van der Waals surface area (Å²) >= 11 is 11.8. The van der Waals surface area contributed by atoms with Crippen LogP contribution in [0.5, 0.6) is 0 Å². The Bertz CT molecular complexity index is 326. The minimum Gasteiger partial charge on any atom is -0.300 e. The SMILES string of the molecule is CC(C)CN(C)Cc1nc(Cl)ccc1Cl. The Morgan fingerprint density at radius 3 is 2.60 bits per heavy atom. The molecule has 0 spiro atoms. The third-order valence-corrected chi connectivity index (χ3v) is 2.54. The smallest absolute Gasteiger partial charge is 0.129 e. The van der Waals surface area contributed by atoms with Gasteiger partial charge >= 0.3 is 0 Å². The molecule has 1 heterocycles. The lowest BCUT2D eigenvalue weighted by atomic mass is 10.2. The summed E-state index contributed by atoms with van der Waals surface area (Å²) in [5, 5.41) is 1.17. The van der Waals surface area contributed by atoms with Gasteiger partial charge in [0.2, 0.25) is 0 Å². The second kappa shape index (κ2) is 5.69. The molecule has 1 aromatic rings. The van der Waals surface area contributed by atoms with Crippen molar-refractivity contribution in [2.45, 2.75) is 20.4 Å². The van der Waals surface area contributed by atoms with E-state index in [2.05, 4.69) is 30.8 Å². The highest BCUT2D eigenvalue weighted by molar-refractivity contribution is 6.32. The Labute approximate surface area is 101 Å². The van der Waals surface area contributed by atoms with Crippen LogP contribution in [0.15, 0.2) is 12.1 Å². The van der Waals surface area contributed by atoms with Crippen molar-refractivity contribution in [1.82, 2.24) is 9.88 Å². The van der Waals surface area contributed by atoms with Crippen molar-refractivity contribution in [1.29, 1.82) is 0 Å². The lowest BCUT2D eigenvalue weighted by Gasteiger charge is -2.18. The van der Waals surface area contributed by atoms with Crippen molar-refractivity contribution in [3.8, 4) is 0 Å². The summed E-state index contributed by atoms with van der Waals surface area (Å²) < 4.78 is 0. The summed E-state index contributed by atoms with van der Waals surface area (Å²) in [6.07, 6.45) is 0. The number of hydrogen-bond acceptors (Lipinski definition) is 2. The highest BCUT2D eigenvalue weighted by atomic mass is 35.5. The molecule has 15 heavy (non-hydrogen) atoms. The molecule has 0 radical (unpaired) electrons. The molecule has 2 nitrogen and oxygen atoms in total. The fourth-order valence-corrected chi connectivity index (χ4v) is 1.84. The van der Waals surface area contributed by atoms with E-state index in [-0.39, 0.29) is 0 Å². The van der Waals surface area contributed by atoms with Crippen molar-refractivity contribution < 1.29 is 0 Å². The standard InChI is InChI=1S/C11H16Cl2N2/c1-8(2)6-15(3)7-10-9(12)4-5-11(13)14-10/h4-5,8H,6-7H2,1-3H3. The predicted molar refractivity (Wildman–Crippen MR) is 65.4 cm³/mol. The fraction of sp³-hybridized carbons (Fsp3) is 0.545. The van der Waals surface area contributed by atoms with Crippen LogP contribution in [-0.2, 0) is 6.54 Å². The Balaban J connectivity index is 2.67. The molecule has 0 aromatic carbocycles. The number of halogens is 2. The first-order chi connectivity index (χ1) is 6.99. The number of rotatable bonds is 4. The summed E-state index contributed by atoms with van der Waals surface area (Å²) in [4.78, 5) is 6.40. The molecule has 84 valence electrons. The van der Waals surface area contributed by atoms with Gasteiger partial charge in [0.05, 0.1) is 10.7 Å². The maximum Gasteiger partial charge on any atom is 0.129 e. The van der Waals surface area contributed by atoms with Gasteiger partial charge in [-0.05, 0) is 25.1 Å². The normalized spacial score (nSPS) is 11.4. The van der Waals surface area contributed by atoms with Gasteiger partial charge in [-0.25, -0.2) is 4.98 Å². The Morgan fingerprint density at radius 1 is 1.33 bits per heavy atom. The van der Waals surface area contributed by atoms with Gasteiger partial charge in [0.25, 0.3) is 0 Å². The first kappa shape index (κ1) is 12.8. The topological polar surface area (TPSA) is 16.1 Å². The summed E-state index contributed by atoms with van der Waals surface area (Å²) in [5.41, 5.74) is 0.840. The quantitative estimate of drug-likeness (QED) is 0.757. The van der Waals surface area contributed by atoms with Gasteiger partial charge in [0.15, 0.2) is 0 Å². The van der Waals surface area contributed by atoms with Crippen molar-refractivity contribution in [2.75, 3.05) is 13.6 Å². The molecule has 1 rings (SSSR count). The van der Waals surface area contributed by atoms with E-state index in [1.54, 1.807) is 12.1 Å². The molecular formula is C11H16Cl2N2. The first-order valence-corrected chi connectivity index (χ1v) is 5.74. The van der Waals surface area contributed by atoms with Gasteiger partial charge in [-0.15, -0.1) is 0 Å². The minimum atomic E-state index is 0.493. The molecule has 0 N–H and O–H groups in total. The maximum atomic E-state index is 6.03. The molecule has 0 fully saturated rings. The van der Waals surface area contributed by atoms with Crippen LogP contribution in [-0.4, -0.2) is 23.5 Å². The van der Waals surface area contributed by atoms with E-state index in [9.17, 15) is 0 Å². The zero-order valence-corrected chi connectivity index (χ0v) is 10.8. The molecule has 0 bridgehead atoms. The van der Waals surface area contributed by atoms with Crippen molar-refractivity contribution in [2.24, 2.45) is 5.92 Å². The van der Waals surface area contributed by atoms with Gasteiger partial charge in [-0.2, -0.15) is 0 Å². The van der Waals surface area contributed by atoms with Crippen molar-refractivity contribution in [3.63, 3.8) is 0 Å². The molecule has 0 saturated carbocycles. The van der Waals surface area contributed by atoms with Crippen LogP contribution >= 0.6 is 23.2 Å². The van der Waals surface area contributed by atoms with E-state index in [4.69, 9.17) is 23.2 Å². The summed E-state index contributed by atoms with van der Waals surface area (Å²) in [6.45, 7) is 6.12. The molecule has 0 aliphatic rings. The van der Waals surface area contributed by atoms with E-state index in [1.807, 2.05) is 0 Å². The van der Waals surface area contributed by atoms with Gasteiger partial charge in [0, 0.05) is 13.1 Å². The lowest BCUT2D eigenvalue weighted by molar-refractivity contribution is 0.285. The van der Waals surface area contributed by atoms with E-state index < -0.39 is 0 Å². The molecular weight excluding hydrogens is 231 g/mol. The average Bonchev–Trinajstić information content (AvgIpc) is 2.10. The molecule has 4 heteroatoms. The third-order valence-electron chi connectivity index (χ3n) is 1.98. The van der Waals surface area contributed by atoms with E-state index in [1.165, 1.54) is 0 Å². The van der Waals surface area contributed by atoms with E-state index >= 15 is 0 Å². The molecule has 0 amide bonds. The second-order valence-corrected chi connectivity index (χ2v) is 4.95. The zero-order chi connectivity index (χ0) is 11.4. The van der Waals surface area contributed by atoms with Crippen LogP contribution in [0.2, 0.25) is 10.2 Å². The minimum absolute atomic E-state index is 0.493. The van der Waals surface area contributed by atoms with Crippen molar-refractivity contribution in [3.05, 3.63) is 28.0 Å². The number of hydrogen-bond donors (Lipinski definition) is 0. The van der Waals surface area contributed by atoms with Gasteiger partial charge in [-0.1, -0.05) is 37.0 Å². The third kappa shape index (κ3) is 4.37. The monoisotopic (exact) mass is 246 g/mol. The fourth-order valence-electron chi connectivity index (χ4n) is 1.51. The van der Waals surface area contributed by atoms with Crippen LogP contribution < -0.4 is 0 Å². The van der Waals surface area contributed by atoms with Crippen molar-refractivity contribution >= 4 is 23.2 Å². The Morgan fingerprint density at radius 2 is 2.00 bits per heavy atom.